The largest absolute Gasteiger partial charge is 0.398 e. The minimum atomic E-state index is -0.0325. The summed E-state index contributed by atoms with van der Waals surface area (Å²) in [5.41, 5.74) is 20.8. The third-order valence-electron chi connectivity index (χ3n) is 10.5. The highest BCUT2D eigenvalue weighted by molar-refractivity contribution is 5.91. The van der Waals surface area contributed by atoms with Crippen molar-refractivity contribution in [1.82, 2.24) is 4.57 Å². The molecule has 4 aliphatic rings. The minimum absolute atomic E-state index is 0.0325. The lowest BCUT2D eigenvalue weighted by atomic mass is 9.77. The summed E-state index contributed by atoms with van der Waals surface area (Å²) in [6, 6.07) is 21.7. The minimum Gasteiger partial charge on any atom is -0.398 e. The monoisotopic (exact) mass is 622 g/mol. The van der Waals surface area contributed by atoms with Crippen molar-refractivity contribution < 1.29 is 0 Å². The summed E-state index contributed by atoms with van der Waals surface area (Å²) >= 11 is 0. The van der Waals surface area contributed by atoms with E-state index in [1.807, 2.05) is 18.2 Å². The molecule has 8 rings (SSSR count). The predicted octanol–water partition coefficient (Wildman–Crippen LogP) is 9.32. The van der Waals surface area contributed by atoms with Crippen LogP contribution in [-0.2, 0) is 18.4 Å². The van der Waals surface area contributed by atoms with Crippen LogP contribution in [0.4, 0.5) is 0 Å². The molecule has 0 fully saturated rings. The van der Waals surface area contributed by atoms with Crippen LogP contribution in [-0.4, -0.2) is 4.57 Å². The van der Waals surface area contributed by atoms with Crippen LogP contribution >= 0.6 is 0 Å². The van der Waals surface area contributed by atoms with Gasteiger partial charge in [0.2, 0.25) is 0 Å². The van der Waals surface area contributed by atoms with E-state index in [0.717, 1.165) is 36.9 Å². The van der Waals surface area contributed by atoms with Crippen molar-refractivity contribution in [3.8, 4) is 0 Å². The summed E-state index contributed by atoms with van der Waals surface area (Å²) in [6.45, 7) is 5.46. The van der Waals surface area contributed by atoms with E-state index in [9.17, 15) is 0 Å². The molecule has 3 aromatic carbocycles. The molecular formula is C46H42N2. The molecule has 1 aromatic heterocycles. The van der Waals surface area contributed by atoms with Gasteiger partial charge in [0.1, 0.15) is 0 Å². The topological polar surface area (TPSA) is 30.9 Å². The third kappa shape index (κ3) is 5.13. The van der Waals surface area contributed by atoms with Gasteiger partial charge in [-0.2, -0.15) is 0 Å². The van der Waals surface area contributed by atoms with Gasteiger partial charge in [-0.25, -0.2) is 0 Å². The van der Waals surface area contributed by atoms with E-state index in [-0.39, 0.29) is 5.41 Å². The van der Waals surface area contributed by atoms with E-state index in [4.69, 9.17) is 5.73 Å². The quantitative estimate of drug-likeness (QED) is 0.242. The zero-order valence-corrected chi connectivity index (χ0v) is 27.9. The maximum absolute atomic E-state index is 6.62. The molecular weight excluding hydrogens is 581 g/mol. The summed E-state index contributed by atoms with van der Waals surface area (Å²) in [4.78, 5) is 0. The molecule has 4 aliphatic carbocycles. The molecule has 2 heteroatoms. The molecule has 48 heavy (non-hydrogen) atoms. The van der Waals surface area contributed by atoms with Gasteiger partial charge in [-0.3, -0.25) is 0 Å². The Hall–Kier alpha value is -5.34. The molecule has 0 bridgehead atoms. The van der Waals surface area contributed by atoms with Crippen LogP contribution < -0.4 is 16.3 Å². The standard InChI is InChI=1S/C46H42N2/c1-46(2)40-26-13-12-22-37(40)38-25-15-24-36(45(38)46)32-16-5-4-8-23-39-42(27-14-10-17-32)48(31-30-41(47)34-19-6-3-7-20-34)43-29-28-33-18-9-11-21-35(33)44(39)43/h3-10,13-20,23-30H,11-12,21-22,31,47H2,1-2H3/b5-4?,8-4?,14-10?,16-5?,17-10?,23-8?,27-14?,32-16?,32-17?,39-23?,41-30-,42-27?. The first-order valence-electron chi connectivity index (χ1n) is 17.3. The van der Waals surface area contributed by atoms with E-state index in [1.54, 1.807) is 0 Å². The number of hydrogen-bond donors (Lipinski definition) is 1. The maximum atomic E-state index is 6.62. The molecule has 0 saturated heterocycles. The fourth-order valence-corrected chi connectivity index (χ4v) is 8.22. The SMILES string of the molecule is CC1(C)C2=C(CCC=C2)c2cccc(C3=CC=CC=c4c(c5c6c(ccc5n4C/C=C(\N)c4ccccc4)C=CCC6)=CC=CC=C3)c21. The maximum Gasteiger partial charge on any atom is 0.0497 e. The number of aryl methyl sites for hydroxylation is 1. The van der Waals surface area contributed by atoms with Crippen molar-refractivity contribution in [2.75, 3.05) is 0 Å². The summed E-state index contributed by atoms with van der Waals surface area (Å²) in [5, 5.41) is 3.80. The summed E-state index contributed by atoms with van der Waals surface area (Å²) in [7, 11) is 0. The van der Waals surface area contributed by atoms with Gasteiger partial charge in [0.25, 0.3) is 0 Å². The van der Waals surface area contributed by atoms with Crippen LogP contribution in [0.1, 0.15) is 66.5 Å². The Morgan fingerprint density at radius 1 is 0.771 bits per heavy atom. The van der Waals surface area contributed by atoms with Gasteiger partial charge in [0, 0.05) is 39.1 Å². The number of fused-ring (bicyclic) bond motifs is 7. The lowest BCUT2D eigenvalue weighted by Gasteiger charge is -2.26. The smallest absolute Gasteiger partial charge is 0.0497 e. The van der Waals surface area contributed by atoms with Crippen molar-refractivity contribution >= 4 is 46.0 Å². The van der Waals surface area contributed by atoms with Gasteiger partial charge in [0.15, 0.2) is 0 Å². The van der Waals surface area contributed by atoms with E-state index >= 15 is 0 Å². The van der Waals surface area contributed by atoms with E-state index in [0.29, 0.717) is 6.54 Å². The summed E-state index contributed by atoms with van der Waals surface area (Å²) in [6.07, 6.45) is 35.9. The van der Waals surface area contributed by atoms with Crippen molar-refractivity contribution in [2.45, 2.75) is 51.5 Å². The zero-order valence-electron chi connectivity index (χ0n) is 27.9. The molecule has 0 saturated carbocycles. The number of benzene rings is 3. The molecule has 0 radical (unpaired) electrons. The van der Waals surface area contributed by atoms with Crippen LogP contribution in [0.2, 0.25) is 0 Å². The molecule has 1 heterocycles. The van der Waals surface area contributed by atoms with Crippen LogP contribution in [0.5, 0.6) is 0 Å². The van der Waals surface area contributed by atoms with Gasteiger partial charge in [-0.05, 0) is 94.0 Å². The second-order valence-electron chi connectivity index (χ2n) is 13.7. The van der Waals surface area contributed by atoms with Crippen LogP contribution in [0.25, 0.3) is 46.0 Å². The van der Waals surface area contributed by atoms with E-state index in [1.165, 1.54) is 66.0 Å². The Bertz CT molecular complexity index is 2320. The molecule has 2 N–H and O–H groups in total. The first-order valence-corrected chi connectivity index (χ1v) is 17.3. The molecule has 0 spiro atoms. The van der Waals surface area contributed by atoms with Gasteiger partial charge >= 0.3 is 0 Å². The number of nitrogens with zero attached hydrogens (tertiary/aromatic N) is 1. The Labute approximate surface area is 284 Å². The van der Waals surface area contributed by atoms with Crippen molar-refractivity contribution in [3.63, 3.8) is 0 Å². The zero-order chi connectivity index (χ0) is 32.7. The lowest BCUT2D eigenvalue weighted by Crippen LogP contribution is -2.29. The molecule has 0 amide bonds. The molecule has 0 unspecified atom stereocenters. The number of nitrogens with two attached hydrogens (primary N) is 1. The number of rotatable bonds is 4. The number of allylic oxidation sites excluding steroid dienone is 14. The molecule has 4 aromatic rings. The predicted molar refractivity (Wildman–Crippen MR) is 206 cm³/mol. The third-order valence-corrected chi connectivity index (χ3v) is 10.5. The molecule has 236 valence electrons. The van der Waals surface area contributed by atoms with Gasteiger partial charge in [-0.15, -0.1) is 0 Å². The fourth-order valence-electron chi connectivity index (χ4n) is 8.22. The lowest BCUT2D eigenvalue weighted by molar-refractivity contribution is 0.649. The highest BCUT2D eigenvalue weighted by Crippen LogP contribution is 2.52. The van der Waals surface area contributed by atoms with Crippen LogP contribution in [0.3, 0.4) is 0 Å². The average molecular weight is 623 g/mol. The van der Waals surface area contributed by atoms with Crippen molar-refractivity contribution in [1.29, 1.82) is 0 Å². The van der Waals surface area contributed by atoms with Gasteiger partial charge in [0.05, 0.1) is 0 Å². The molecule has 0 aliphatic heterocycles. The van der Waals surface area contributed by atoms with Crippen molar-refractivity contribution in [2.24, 2.45) is 5.73 Å². The Morgan fingerprint density at radius 3 is 2.46 bits per heavy atom. The fraction of sp³-hybridized carbons (Fsp3) is 0.174. The number of aromatic nitrogens is 1. The highest BCUT2D eigenvalue weighted by Gasteiger charge is 2.38. The second kappa shape index (κ2) is 12.4. The first-order chi connectivity index (χ1) is 23.5. The molecule has 2 nitrogen and oxygen atoms in total. The normalized spacial score (nSPS) is 17.9. The van der Waals surface area contributed by atoms with Crippen LogP contribution in [0, 0.1) is 0 Å². The molecule has 0 atom stereocenters. The number of hydrogen-bond acceptors (Lipinski definition) is 1. The summed E-state index contributed by atoms with van der Waals surface area (Å²) in [5.74, 6) is 0. The Morgan fingerprint density at radius 2 is 1.56 bits per heavy atom. The van der Waals surface area contributed by atoms with Gasteiger partial charge < -0.3 is 10.3 Å². The summed E-state index contributed by atoms with van der Waals surface area (Å²) < 4.78 is 2.43. The Balaban J connectivity index is 1.27. The van der Waals surface area contributed by atoms with Crippen LogP contribution in [0.15, 0.2) is 133 Å². The van der Waals surface area contributed by atoms with Gasteiger partial charge in [-0.1, -0.05) is 141 Å². The Kier molecular flexibility index (Phi) is 7.73. The highest BCUT2D eigenvalue weighted by atomic mass is 15.0. The average Bonchev–Trinajstić information content (AvgIpc) is 3.55. The van der Waals surface area contributed by atoms with Crippen molar-refractivity contribution in [3.05, 3.63) is 177 Å². The van der Waals surface area contributed by atoms with E-state index in [2.05, 4.69) is 146 Å². The van der Waals surface area contributed by atoms with E-state index < -0.39 is 0 Å². The second-order valence-corrected chi connectivity index (χ2v) is 13.7. The first kappa shape index (κ1) is 30.0.